The quantitative estimate of drug-likeness (QED) is 0.229. The third-order valence-electron chi connectivity index (χ3n) is 6.13. The molecule has 3 aromatic rings. The monoisotopic (exact) mass is 618 g/mol. The van der Waals surface area contributed by atoms with Crippen LogP contribution in [0.2, 0.25) is 10.0 Å². The summed E-state index contributed by atoms with van der Waals surface area (Å²) in [4.78, 5) is 28.7. The van der Waals surface area contributed by atoms with Crippen LogP contribution in [0.1, 0.15) is 49.8 Å². The molecular formula is C30H33BrCl2N2O3. The normalized spacial score (nSPS) is 11.8. The van der Waals surface area contributed by atoms with E-state index in [0.29, 0.717) is 34.7 Å². The molecule has 1 atom stereocenters. The lowest BCUT2D eigenvalue weighted by atomic mass is 10.0. The Labute approximate surface area is 243 Å². The lowest BCUT2D eigenvalue weighted by molar-refractivity contribution is -0.142. The molecule has 0 radical (unpaired) electrons. The highest BCUT2D eigenvalue weighted by atomic mass is 79.9. The molecule has 3 aromatic carbocycles. The van der Waals surface area contributed by atoms with Crippen LogP contribution in [0.5, 0.6) is 5.75 Å². The van der Waals surface area contributed by atoms with Gasteiger partial charge in [0.15, 0.2) is 6.61 Å². The second-order valence-electron chi connectivity index (χ2n) is 9.40. The first kappa shape index (κ1) is 30.0. The van der Waals surface area contributed by atoms with Crippen molar-refractivity contribution in [3.63, 3.8) is 0 Å². The molecule has 5 nitrogen and oxygen atoms in total. The van der Waals surface area contributed by atoms with E-state index in [1.54, 1.807) is 23.1 Å². The SMILES string of the molecule is CCCNC(=O)[C@H](Cc1ccccc1)N(Cc1ccc(Cl)c(Cl)c1)C(=O)COc1ccc(C(C)C)cc1Br. The van der Waals surface area contributed by atoms with E-state index in [4.69, 9.17) is 27.9 Å². The van der Waals surface area contributed by atoms with E-state index in [1.807, 2.05) is 55.5 Å². The predicted octanol–water partition coefficient (Wildman–Crippen LogP) is 7.42. The lowest BCUT2D eigenvalue weighted by Gasteiger charge is -2.31. The maximum atomic E-state index is 13.7. The Morgan fingerprint density at radius 1 is 0.974 bits per heavy atom. The smallest absolute Gasteiger partial charge is 0.261 e. The van der Waals surface area contributed by atoms with Crippen LogP contribution in [-0.2, 0) is 22.6 Å². The lowest BCUT2D eigenvalue weighted by Crippen LogP contribution is -2.51. The molecule has 0 fully saturated rings. The highest BCUT2D eigenvalue weighted by Gasteiger charge is 2.30. The minimum absolute atomic E-state index is 0.170. The summed E-state index contributed by atoms with van der Waals surface area (Å²) in [5, 5.41) is 3.78. The number of ether oxygens (including phenoxy) is 1. The van der Waals surface area contributed by atoms with Gasteiger partial charge in [-0.2, -0.15) is 0 Å². The first-order valence-electron chi connectivity index (χ1n) is 12.7. The summed E-state index contributed by atoms with van der Waals surface area (Å²) < 4.78 is 6.71. The van der Waals surface area contributed by atoms with Crippen LogP contribution in [0.25, 0.3) is 0 Å². The number of carbonyl (C=O) groups excluding carboxylic acids is 2. The molecule has 0 aliphatic carbocycles. The van der Waals surface area contributed by atoms with Gasteiger partial charge in [0.25, 0.3) is 5.91 Å². The molecule has 8 heteroatoms. The van der Waals surface area contributed by atoms with Crippen LogP contribution in [-0.4, -0.2) is 35.9 Å². The molecule has 0 aliphatic heterocycles. The van der Waals surface area contributed by atoms with Gasteiger partial charge in [-0.25, -0.2) is 0 Å². The van der Waals surface area contributed by atoms with Gasteiger partial charge in [0.05, 0.1) is 14.5 Å². The van der Waals surface area contributed by atoms with E-state index in [9.17, 15) is 9.59 Å². The van der Waals surface area contributed by atoms with Gasteiger partial charge in [0.2, 0.25) is 5.91 Å². The fourth-order valence-electron chi connectivity index (χ4n) is 3.97. The zero-order chi connectivity index (χ0) is 27.7. The summed E-state index contributed by atoms with van der Waals surface area (Å²) in [6.07, 6.45) is 1.14. The Morgan fingerprint density at radius 3 is 2.34 bits per heavy atom. The number of benzene rings is 3. The highest BCUT2D eigenvalue weighted by Crippen LogP contribution is 2.29. The largest absolute Gasteiger partial charge is 0.483 e. The fourth-order valence-corrected chi connectivity index (χ4v) is 4.80. The van der Waals surface area contributed by atoms with Crippen LogP contribution in [0.3, 0.4) is 0 Å². The maximum absolute atomic E-state index is 13.7. The molecule has 0 aliphatic rings. The first-order chi connectivity index (χ1) is 18.2. The Hall–Kier alpha value is -2.54. The second kappa shape index (κ2) is 14.6. The number of halogens is 3. The van der Waals surface area contributed by atoms with Crippen molar-refractivity contribution in [1.82, 2.24) is 10.2 Å². The minimum Gasteiger partial charge on any atom is -0.483 e. The van der Waals surface area contributed by atoms with E-state index in [2.05, 4.69) is 35.1 Å². The average Bonchev–Trinajstić information content (AvgIpc) is 2.90. The van der Waals surface area contributed by atoms with Crippen LogP contribution >= 0.6 is 39.1 Å². The maximum Gasteiger partial charge on any atom is 0.261 e. The van der Waals surface area contributed by atoms with Gasteiger partial charge in [0.1, 0.15) is 11.8 Å². The van der Waals surface area contributed by atoms with Gasteiger partial charge < -0.3 is 15.0 Å². The molecule has 0 saturated heterocycles. The van der Waals surface area contributed by atoms with E-state index < -0.39 is 6.04 Å². The number of rotatable bonds is 12. The molecule has 0 unspecified atom stereocenters. The zero-order valence-electron chi connectivity index (χ0n) is 21.8. The molecule has 2 amide bonds. The summed E-state index contributed by atoms with van der Waals surface area (Å²) in [7, 11) is 0. The Balaban J connectivity index is 1.91. The number of nitrogens with zero attached hydrogens (tertiary/aromatic N) is 1. The summed E-state index contributed by atoms with van der Waals surface area (Å²) in [6.45, 7) is 6.68. The molecule has 0 heterocycles. The van der Waals surface area contributed by atoms with Crippen molar-refractivity contribution < 1.29 is 14.3 Å². The number of hydrogen-bond donors (Lipinski definition) is 1. The molecule has 0 aromatic heterocycles. The Bertz CT molecular complexity index is 1240. The molecule has 1 N–H and O–H groups in total. The van der Waals surface area contributed by atoms with E-state index in [-0.39, 0.29) is 25.0 Å². The predicted molar refractivity (Wildman–Crippen MR) is 158 cm³/mol. The third kappa shape index (κ3) is 8.48. The number of amides is 2. The minimum atomic E-state index is -0.749. The summed E-state index contributed by atoms with van der Waals surface area (Å²) >= 11 is 15.9. The van der Waals surface area contributed by atoms with E-state index in [0.717, 1.165) is 27.6 Å². The molecular weight excluding hydrogens is 587 g/mol. The van der Waals surface area contributed by atoms with Crippen LogP contribution in [0, 0.1) is 0 Å². The van der Waals surface area contributed by atoms with Gasteiger partial charge in [-0.3, -0.25) is 9.59 Å². The topological polar surface area (TPSA) is 58.6 Å². The van der Waals surface area contributed by atoms with Crippen LogP contribution < -0.4 is 10.1 Å². The molecule has 0 saturated carbocycles. The van der Waals surface area contributed by atoms with Crippen molar-refractivity contribution in [3.8, 4) is 5.75 Å². The van der Waals surface area contributed by atoms with Crippen molar-refractivity contribution in [2.45, 2.75) is 52.1 Å². The summed E-state index contributed by atoms with van der Waals surface area (Å²) in [6, 6.07) is 20.0. The number of nitrogens with one attached hydrogen (secondary N) is 1. The summed E-state index contributed by atoms with van der Waals surface area (Å²) in [5.41, 5.74) is 2.87. The van der Waals surface area contributed by atoms with Gasteiger partial charge in [0, 0.05) is 19.5 Å². The van der Waals surface area contributed by atoms with Crippen molar-refractivity contribution in [1.29, 1.82) is 0 Å². The van der Waals surface area contributed by atoms with Crippen LogP contribution in [0.15, 0.2) is 71.2 Å². The van der Waals surface area contributed by atoms with E-state index in [1.165, 1.54) is 0 Å². The first-order valence-corrected chi connectivity index (χ1v) is 14.2. The van der Waals surface area contributed by atoms with Gasteiger partial charge in [-0.1, -0.05) is 86.4 Å². The van der Waals surface area contributed by atoms with Gasteiger partial charge in [-0.05, 0) is 69.2 Å². The Kier molecular flexibility index (Phi) is 11.5. The standard InChI is InChI=1S/C30H33BrCl2N2O3/c1-4-14-34-30(37)27(16-21-8-6-5-7-9-21)35(18-22-10-12-25(32)26(33)15-22)29(36)19-38-28-13-11-23(20(2)3)17-24(28)31/h5-13,15,17,20,27H,4,14,16,18-19H2,1-3H3,(H,34,37)/t27-/m0/s1. The molecule has 0 spiro atoms. The van der Waals surface area contributed by atoms with Gasteiger partial charge in [-0.15, -0.1) is 0 Å². The van der Waals surface area contributed by atoms with Gasteiger partial charge >= 0.3 is 0 Å². The van der Waals surface area contributed by atoms with Crippen molar-refractivity contribution in [2.75, 3.05) is 13.2 Å². The number of carbonyl (C=O) groups is 2. The molecule has 3 rings (SSSR count). The highest BCUT2D eigenvalue weighted by molar-refractivity contribution is 9.10. The van der Waals surface area contributed by atoms with E-state index >= 15 is 0 Å². The Morgan fingerprint density at radius 2 is 1.71 bits per heavy atom. The summed E-state index contributed by atoms with van der Waals surface area (Å²) in [5.74, 6) is 0.395. The fraction of sp³-hybridized carbons (Fsp3) is 0.333. The zero-order valence-corrected chi connectivity index (χ0v) is 24.9. The molecule has 202 valence electrons. The second-order valence-corrected chi connectivity index (χ2v) is 11.1. The van der Waals surface area contributed by atoms with Crippen LogP contribution in [0.4, 0.5) is 0 Å². The third-order valence-corrected chi connectivity index (χ3v) is 7.49. The van der Waals surface area contributed by atoms with Crippen molar-refractivity contribution in [3.05, 3.63) is 97.9 Å². The van der Waals surface area contributed by atoms with Crippen molar-refractivity contribution >= 4 is 50.9 Å². The molecule has 0 bridgehead atoms. The average molecular weight is 620 g/mol. The van der Waals surface area contributed by atoms with Crippen molar-refractivity contribution in [2.24, 2.45) is 0 Å². The number of hydrogen-bond acceptors (Lipinski definition) is 3. The molecule has 38 heavy (non-hydrogen) atoms.